The van der Waals surface area contributed by atoms with Gasteiger partial charge in [0.2, 0.25) is 0 Å². The zero-order chi connectivity index (χ0) is 11.5. The van der Waals surface area contributed by atoms with Crippen molar-refractivity contribution in [3.8, 4) is 11.5 Å². The average Bonchev–Trinajstić information content (AvgIpc) is 2.30. The quantitative estimate of drug-likeness (QED) is 0.850. The zero-order valence-corrected chi connectivity index (χ0v) is 9.88. The number of ether oxygens (including phenoxy) is 2. The maximum absolute atomic E-state index is 8.92. The number of aryl methyl sites for hydroxylation is 1. The Bertz CT molecular complexity index is 385. The van der Waals surface area contributed by atoms with Crippen molar-refractivity contribution in [3.63, 3.8) is 0 Å². The van der Waals surface area contributed by atoms with Gasteiger partial charge in [0.15, 0.2) is 11.5 Å². The van der Waals surface area contributed by atoms with Crippen LogP contribution in [0.5, 0.6) is 11.5 Å². The third-order valence-electron chi connectivity index (χ3n) is 3.06. The Morgan fingerprint density at radius 2 is 2.00 bits per heavy atom. The second kappa shape index (κ2) is 4.74. The van der Waals surface area contributed by atoms with Crippen molar-refractivity contribution in [1.82, 2.24) is 0 Å². The van der Waals surface area contributed by atoms with Gasteiger partial charge >= 0.3 is 0 Å². The van der Waals surface area contributed by atoms with Crippen LogP contribution in [0.25, 0.3) is 0 Å². The maximum atomic E-state index is 8.92. The first-order chi connectivity index (χ1) is 7.74. The predicted molar refractivity (Wildman–Crippen MR) is 62.3 cm³/mol. The Hall–Kier alpha value is -1.22. The lowest BCUT2D eigenvalue weighted by molar-refractivity contribution is 0.169. The lowest BCUT2D eigenvalue weighted by Crippen LogP contribution is -2.17. The first-order valence-corrected chi connectivity index (χ1v) is 5.73. The van der Waals surface area contributed by atoms with E-state index in [0.717, 1.165) is 24.3 Å². The molecule has 1 aromatic carbocycles. The molecule has 3 nitrogen and oxygen atoms in total. The SMILES string of the molecule is Cc1cc2c(c(CCCO)c1C)OCCO2. The van der Waals surface area contributed by atoms with E-state index in [0.29, 0.717) is 13.2 Å². The molecule has 1 aromatic rings. The van der Waals surface area contributed by atoms with E-state index < -0.39 is 0 Å². The molecule has 0 atom stereocenters. The minimum atomic E-state index is 0.211. The van der Waals surface area contributed by atoms with Crippen molar-refractivity contribution in [2.45, 2.75) is 26.7 Å². The second-order valence-electron chi connectivity index (χ2n) is 4.15. The summed E-state index contributed by atoms with van der Waals surface area (Å²) in [6, 6.07) is 2.03. The number of benzene rings is 1. The highest BCUT2D eigenvalue weighted by Gasteiger charge is 2.19. The van der Waals surface area contributed by atoms with Crippen molar-refractivity contribution >= 4 is 0 Å². The molecule has 1 aliphatic heterocycles. The highest BCUT2D eigenvalue weighted by atomic mass is 16.6. The van der Waals surface area contributed by atoms with Crippen molar-refractivity contribution in [3.05, 3.63) is 22.8 Å². The van der Waals surface area contributed by atoms with Crippen LogP contribution in [0, 0.1) is 13.8 Å². The Kier molecular flexibility index (Phi) is 3.34. The molecule has 88 valence electrons. The van der Waals surface area contributed by atoms with Gasteiger partial charge in [-0.25, -0.2) is 0 Å². The van der Waals surface area contributed by atoms with Crippen LogP contribution in [-0.2, 0) is 6.42 Å². The van der Waals surface area contributed by atoms with Gasteiger partial charge < -0.3 is 14.6 Å². The molecule has 0 spiro atoms. The largest absolute Gasteiger partial charge is 0.486 e. The number of fused-ring (bicyclic) bond motifs is 1. The van der Waals surface area contributed by atoms with Gasteiger partial charge in [-0.2, -0.15) is 0 Å². The van der Waals surface area contributed by atoms with E-state index in [1.54, 1.807) is 0 Å². The predicted octanol–water partition coefficient (Wildman–Crippen LogP) is 2.00. The summed E-state index contributed by atoms with van der Waals surface area (Å²) in [6.07, 6.45) is 1.61. The van der Waals surface area contributed by atoms with Crippen molar-refractivity contribution in [2.75, 3.05) is 19.8 Å². The number of rotatable bonds is 3. The topological polar surface area (TPSA) is 38.7 Å². The van der Waals surface area contributed by atoms with Crippen molar-refractivity contribution in [2.24, 2.45) is 0 Å². The van der Waals surface area contributed by atoms with Gasteiger partial charge in [0, 0.05) is 12.2 Å². The molecule has 0 saturated heterocycles. The van der Waals surface area contributed by atoms with E-state index in [1.165, 1.54) is 16.7 Å². The van der Waals surface area contributed by atoms with Crippen molar-refractivity contribution in [1.29, 1.82) is 0 Å². The summed E-state index contributed by atoms with van der Waals surface area (Å²) < 4.78 is 11.3. The molecule has 0 amide bonds. The number of aliphatic hydroxyl groups excluding tert-OH is 1. The van der Waals surface area contributed by atoms with E-state index in [4.69, 9.17) is 14.6 Å². The molecule has 0 radical (unpaired) electrons. The molecule has 0 saturated carbocycles. The molecule has 1 aliphatic rings. The highest BCUT2D eigenvalue weighted by molar-refractivity contribution is 5.54. The first kappa shape index (κ1) is 11.3. The summed E-state index contributed by atoms with van der Waals surface area (Å²) in [6.45, 7) is 5.62. The van der Waals surface area contributed by atoms with E-state index in [2.05, 4.69) is 13.8 Å². The van der Waals surface area contributed by atoms with Gasteiger partial charge in [-0.1, -0.05) is 0 Å². The van der Waals surface area contributed by atoms with Gasteiger partial charge in [0.05, 0.1) is 0 Å². The molecular formula is C13H18O3. The van der Waals surface area contributed by atoms with E-state index in [1.807, 2.05) is 6.07 Å². The first-order valence-electron chi connectivity index (χ1n) is 5.73. The summed E-state index contributed by atoms with van der Waals surface area (Å²) in [5.74, 6) is 1.73. The fourth-order valence-electron chi connectivity index (χ4n) is 2.05. The van der Waals surface area contributed by atoms with E-state index >= 15 is 0 Å². The average molecular weight is 222 g/mol. The minimum Gasteiger partial charge on any atom is -0.486 e. The van der Waals surface area contributed by atoms with Gasteiger partial charge in [-0.3, -0.25) is 0 Å². The zero-order valence-electron chi connectivity index (χ0n) is 9.88. The summed E-state index contributed by atoms with van der Waals surface area (Å²) in [5, 5.41) is 8.92. The summed E-state index contributed by atoms with van der Waals surface area (Å²) in [4.78, 5) is 0. The molecule has 2 rings (SSSR count). The van der Waals surface area contributed by atoms with Gasteiger partial charge in [0.25, 0.3) is 0 Å². The molecule has 16 heavy (non-hydrogen) atoms. The highest BCUT2D eigenvalue weighted by Crippen LogP contribution is 2.38. The normalized spacial score (nSPS) is 13.9. The smallest absolute Gasteiger partial charge is 0.164 e. The van der Waals surface area contributed by atoms with Gasteiger partial charge in [0.1, 0.15) is 13.2 Å². The molecule has 0 aromatic heterocycles. The molecule has 0 unspecified atom stereocenters. The standard InChI is InChI=1S/C13H18O3/c1-9-8-12-13(16-7-6-15-12)11(10(9)2)4-3-5-14/h8,14H,3-7H2,1-2H3. The number of hydrogen-bond acceptors (Lipinski definition) is 3. The van der Waals surface area contributed by atoms with Crippen LogP contribution in [0.4, 0.5) is 0 Å². The fraction of sp³-hybridized carbons (Fsp3) is 0.538. The summed E-state index contributed by atoms with van der Waals surface area (Å²) in [7, 11) is 0. The van der Waals surface area contributed by atoms with Crippen LogP contribution in [-0.4, -0.2) is 24.9 Å². The Morgan fingerprint density at radius 3 is 2.75 bits per heavy atom. The number of hydrogen-bond donors (Lipinski definition) is 1. The van der Waals surface area contributed by atoms with Crippen LogP contribution in [0.1, 0.15) is 23.1 Å². The molecule has 1 N–H and O–H groups in total. The fourth-order valence-corrected chi connectivity index (χ4v) is 2.05. The maximum Gasteiger partial charge on any atom is 0.164 e. The van der Waals surface area contributed by atoms with Gasteiger partial charge in [-0.15, -0.1) is 0 Å². The van der Waals surface area contributed by atoms with Crippen LogP contribution >= 0.6 is 0 Å². The van der Waals surface area contributed by atoms with Crippen LogP contribution in [0.3, 0.4) is 0 Å². The molecular weight excluding hydrogens is 204 g/mol. The third-order valence-corrected chi connectivity index (χ3v) is 3.06. The van der Waals surface area contributed by atoms with Gasteiger partial charge in [-0.05, 0) is 43.9 Å². The van der Waals surface area contributed by atoms with E-state index in [9.17, 15) is 0 Å². The lowest BCUT2D eigenvalue weighted by atomic mass is 9.97. The lowest BCUT2D eigenvalue weighted by Gasteiger charge is -2.23. The Labute approximate surface area is 96.0 Å². The Balaban J connectivity index is 2.41. The van der Waals surface area contributed by atoms with Crippen molar-refractivity contribution < 1.29 is 14.6 Å². The van der Waals surface area contributed by atoms with Crippen LogP contribution in [0.2, 0.25) is 0 Å². The Morgan fingerprint density at radius 1 is 1.25 bits per heavy atom. The monoisotopic (exact) mass is 222 g/mol. The summed E-state index contributed by atoms with van der Waals surface area (Å²) in [5.41, 5.74) is 3.65. The minimum absolute atomic E-state index is 0.211. The van der Waals surface area contributed by atoms with Crippen LogP contribution in [0.15, 0.2) is 6.07 Å². The molecule has 0 aliphatic carbocycles. The molecule has 1 heterocycles. The summed E-state index contributed by atoms with van der Waals surface area (Å²) >= 11 is 0. The van der Waals surface area contributed by atoms with Crippen LogP contribution < -0.4 is 9.47 Å². The molecule has 0 fully saturated rings. The molecule has 3 heteroatoms. The molecule has 0 bridgehead atoms. The number of aliphatic hydroxyl groups is 1. The second-order valence-corrected chi connectivity index (χ2v) is 4.15. The van der Waals surface area contributed by atoms with E-state index in [-0.39, 0.29) is 6.61 Å². The third kappa shape index (κ3) is 2.00.